The van der Waals surface area contributed by atoms with Crippen molar-refractivity contribution in [2.75, 3.05) is 52.5 Å². The molecule has 2 aromatic carbocycles. The first kappa shape index (κ1) is 25.0. The summed E-state index contributed by atoms with van der Waals surface area (Å²) in [6.07, 6.45) is 0.972. The van der Waals surface area contributed by atoms with Crippen LogP contribution < -0.4 is 4.74 Å². The van der Waals surface area contributed by atoms with E-state index < -0.39 is 0 Å². The quantitative estimate of drug-likeness (QED) is 0.614. The molecule has 0 spiro atoms. The standard InChI is InChI=1S/C21H27ClN2O2.2ClH/c22-20-9-4-8-19(18-6-2-1-3-7-18)21(20)26-17-5-10-23-11-13-24(14-12-23)15-16-25;;/h1-4,6-9,25H,5,10-17H2;2*1H. The summed E-state index contributed by atoms with van der Waals surface area (Å²) in [5.74, 6) is 0.771. The van der Waals surface area contributed by atoms with Crippen molar-refractivity contribution in [1.29, 1.82) is 0 Å². The van der Waals surface area contributed by atoms with Gasteiger partial charge in [0.2, 0.25) is 0 Å². The highest BCUT2D eigenvalue weighted by Crippen LogP contribution is 2.36. The molecular formula is C21H29Cl3N2O2. The summed E-state index contributed by atoms with van der Waals surface area (Å²) >= 11 is 6.39. The molecule has 1 N–H and O–H groups in total. The molecule has 1 saturated heterocycles. The number of para-hydroxylation sites is 1. The topological polar surface area (TPSA) is 35.9 Å². The minimum Gasteiger partial charge on any atom is -0.491 e. The molecule has 156 valence electrons. The van der Waals surface area contributed by atoms with Crippen molar-refractivity contribution in [3.8, 4) is 16.9 Å². The lowest BCUT2D eigenvalue weighted by Crippen LogP contribution is -2.47. The summed E-state index contributed by atoms with van der Waals surface area (Å²) in [4.78, 5) is 4.77. The Kier molecular flexibility index (Phi) is 11.8. The van der Waals surface area contributed by atoms with Gasteiger partial charge in [-0.1, -0.05) is 54.1 Å². The molecule has 0 unspecified atom stereocenters. The van der Waals surface area contributed by atoms with Crippen molar-refractivity contribution in [3.63, 3.8) is 0 Å². The summed E-state index contributed by atoms with van der Waals surface area (Å²) in [5, 5.41) is 9.67. The van der Waals surface area contributed by atoms with Crippen molar-refractivity contribution in [3.05, 3.63) is 53.6 Å². The smallest absolute Gasteiger partial charge is 0.145 e. The van der Waals surface area contributed by atoms with Gasteiger partial charge in [0.25, 0.3) is 0 Å². The molecule has 0 saturated carbocycles. The number of halogens is 3. The lowest BCUT2D eigenvalue weighted by Gasteiger charge is -2.34. The first-order chi connectivity index (χ1) is 12.8. The molecular weight excluding hydrogens is 419 g/mol. The largest absolute Gasteiger partial charge is 0.491 e. The minimum absolute atomic E-state index is 0. The van der Waals surface area contributed by atoms with Crippen LogP contribution in [0, 0.1) is 0 Å². The Balaban J connectivity index is 0.00000196. The van der Waals surface area contributed by atoms with E-state index in [2.05, 4.69) is 28.0 Å². The molecule has 0 aliphatic carbocycles. The summed E-state index contributed by atoms with van der Waals surface area (Å²) < 4.78 is 6.07. The zero-order chi connectivity index (χ0) is 18.2. The molecule has 1 heterocycles. The Hall–Kier alpha value is -1.01. The lowest BCUT2D eigenvalue weighted by atomic mass is 10.0. The average Bonchev–Trinajstić information content (AvgIpc) is 2.68. The van der Waals surface area contributed by atoms with Crippen LogP contribution in [0.2, 0.25) is 5.02 Å². The fraction of sp³-hybridized carbons (Fsp3) is 0.429. The van der Waals surface area contributed by atoms with Gasteiger partial charge in [0.05, 0.1) is 18.2 Å². The van der Waals surface area contributed by atoms with Gasteiger partial charge < -0.3 is 14.7 Å². The zero-order valence-corrected chi connectivity index (χ0v) is 18.3. The number of hydrogen-bond donors (Lipinski definition) is 1. The van der Waals surface area contributed by atoms with Gasteiger partial charge in [-0.25, -0.2) is 0 Å². The minimum atomic E-state index is 0. The second-order valence-electron chi connectivity index (χ2n) is 6.59. The van der Waals surface area contributed by atoms with Crippen molar-refractivity contribution in [2.24, 2.45) is 0 Å². The summed E-state index contributed by atoms with van der Waals surface area (Å²) in [6, 6.07) is 16.1. The number of aliphatic hydroxyl groups is 1. The molecule has 3 rings (SSSR count). The van der Waals surface area contributed by atoms with E-state index in [0.29, 0.717) is 11.6 Å². The SMILES string of the molecule is Cl.Cl.OCCN1CCN(CCCOc2c(Cl)cccc2-c2ccccc2)CC1. The Morgan fingerprint density at radius 3 is 2.14 bits per heavy atom. The summed E-state index contributed by atoms with van der Waals surface area (Å²) in [7, 11) is 0. The zero-order valence-electron chi connectivity index (χ0n) is 15.9. The first-order valence-corrected chi connectivity index (χ1v) is 9.68. The fourth-order valence-corrected chi connectivity index (χ4v) is 3.57. The highest BCUT2D eigenvalue weighted by molar-refractivity contribution is 6.32. The van der Waals surface area contributed by atoms with E-state index in [4.69, 9.17) is 21.4 Å². The molecule has 1 aliphatic heterocycles. The van der Waals surface area contributed by atoms with Crippen LogP contribution in [0.5, 0.6) is 5.75 Å². The van der Waals surface area contributed by atoms with Gasteiger partial charge in [-0.2, -0.15) is 0 Å². The second kappa shape index (κ2) is 13.3. The monoisotopic (exact) mass is 446 g/mol. The maximum Gasteiger partial charge on any atom is 0.145 e. The molecule has 0 amide bonds. The average molecular weight is 448 g/mol. The predicted octanol–water partition coefficient (Wildman–Crippen LogP) is 4.23. The van der Waals surface area contributed by atoms with Crippen molar-refractivity contribution < 1.29 is 9.84 Å². The van der Waals surface area contributed by atoms with Crippen LogP contribution in [-0.2, 0) is 0 Å². The predicted molar refractivity (Wildman–Crippen MR) is 121 cm³/mol. The Morgan fingerprint density at radius 2 is 1.50 bits per heavy atom. The molecule has 28 heavy (non-hydrogen) atoms. The van der Waals surface area contributed by atoms with Crippen LogP contribution in [-0.4, -0.2) is 67.4 Å². The maximum atomic E-state index is 9.01. The van der Waals surface area contributed by atoms with Gasteiger partial charge in [0.15, 0.2) is 0 Å². The molecule has 1 fully saturated rings. The van der Waals surface area contributed by atoms with E-state index in [-0.39, 0.29) is 31.4 Å². The summed E-state index contributed by atoms with van der Waals surface area (Å²) in [6.45, 7) is 6.89. The first-order valence-electron chi connectivity index (χ1n) is 9.30. The van der Waals surface area contributed by atoms with Crippen LogP contribution in [0.4, 0.5) is 0 Å². The van der Waals surface area contributed by atoms with Crippen molar-refractivity contribution >= 4 is 36.4 Å². The highest BCUT2D eigenvalue weighted by atomic mass is 35.5. The molecule has 0 aromatic heterocycles. The number of aliphatic hydroxyl groups excluding tert-OH is 1. The third kappa shape index (κ3) is 7.11. The Bertz CT molecular complexity index is 681. The molecule has 7 heteroatoms. The van der Waals surface area contributed by atoms with Gasteiger partial charge in [-0.3, -0.25) is 4.90 Å². The number of rotatable bonds is 8. The number of ether oxygens (including phenoxy) is 1. The van der Waals surface area contributed by atoms with E-state index in [0.717, 1.165) is 62.6 Å². The molecule has 4 nitrogen and oxygen atoms in total. The Morgan fingerprint density at radius 1 is 0.857 bits per heavy atom. The van der Waals surface area contributed by atoms with E-state index in [9.17, 15) is 0 Å². The van der Waals surface area contributed by atoms with Gasteiger partial charge >= 0.3 is 0 Å². The number of β-amino-alcohol motifs (C(OH)–C–C–N with tert-alkyl or cyclic N) is 1. The van der Waals surface area contributed by atoms with Gasteiger partial charge in [-0.05, 0) is 18.1 Å². The van der Waals surface area contributed by atoms with Gasteiger partial charge in [0.1, 0.15) is 5.75 Å². The second-order valence-corrected chi connectivity index (χ2v) is 7.00. The van der Waals surface area contributed by atoms with E-state index in [1.54, 1.807) is 0 Å². The van der Waals surface area contributed by atoms with Crippen LogP contribution in [0.15, 0.2) is 48.5 Å². The molecule has 0 radical (unpaired) electrons. The number of piperazine rings is 1. The number of benzene rings is 2. The fourth-order valence-electron chi connectivity index (χ4n) is 3.34. The lowest BCUT2D eigenvalue weighted by molar-refractivity contribution is 0.108. The van der Waals surface area contributed by atoms with E-state index in [1.807, 2.05) is 30.3 Å². The third-order valence-corrected chi connectivity index (χ3v) is 5.10. The molecule has 0 atom stereocenters. The van der Waals surface area contributed by atoms with Crippen molar-refractivity contribution in [2.45, 2.75) is 6.42 Å². The number of nitrogens with zero attached hydrogens (tertiary/aromatic N) is 2. The maximum absolute atomic E-state index is 9.01. The number of hydrogen-bond acceptors (Lipinski definition) is 4. The van der Waals surface area contributed by atoms with Gasteiger partial charge in [0, 0.05) is 44.8 Å². The van der Waals surface area contributed by atoms with Crippen LogP contribution in [0.1, 0.15) is 6.42 Å². The van der Waals surface area contributed by atoms with Crippen LogP contribution in [0.3, 0.4) is 0 Å². The summed E-state index contributed by atoms with van der Waals surface area (Å²) in [5.41, 5.74) is 2.15. The highest BCUT2D eigenvalue weighted by Gasteiger charge is 2.16. The van der Waals surface area contributed by atoms with Crippen molar-refractivity contribution in [1.82, 2.24) is 9.80 Å². The van der Waals surface area contributed by atoms with Gasteiger partial charge in [-0.15, -0.1) is 24.8 Å². The normalized spacial score (nSPS) is 14.8. The molecule has 0 bridgehead atoms. The third-order valence-electron chi connectivity index (χ3n) is 4.80. The van der Waals surface area contributed by atoms with E-state index >= 15 is 0 Å². The van der Waals surface area contributed by atoms with Crippen LogP contribution in [0.25, 0.3) is 11.1 Å². The molecule has 1 aliphatic rings. The van der Waals surface area contributed by atoms with E-state index in [1.165, 1.54) is 0 Å². The Labute approximate surface area is 185 Å². The van der Waals surface area contributed by atoms with Crippen LogP contribution >= 0.6 is 36.4 Å². The molecule has 2 aromatic rings.